The molecular formula is C35H36N4O2. The molecule has 0 aliphatic carbocycles. The first-order chi connectivity index (χ1) is 19.8. The van der Waals surface area contributed by atoms with Crippen molar-refractivity contribution in [1.82, 2.24) is 14.9 Å². The fourth-order valence-corrected chi connectivity index (χ4v) is 5.57. The third-order valence-corrected chi connectivity index (χ3v) is 7.77. The zero-order valence-electron chi connectivity index (χ0n) is 24.1. The fraction of sp³-hybridized carbons (Fsp3) is 0.229. The molecular weight excluding hydrogens is 508 g/mol. The molecule has 0 unspecified atom stereocenters. The van der Waals surface area contributed by atoms with Gasteiger partial charge in [-0.25, -0.2) is 0 Å². The lowest BCUT2D eigenvalue weighted by molar-refractivity contribution is -0.127. The van der Waals surface area contributed by atoms with E-state index in [0.29, 0.717) is 13.0 Å². The van der Waals surface area contributed by atoms with Gasteiger partial charge < -0.3 is 14.8 Å². The highest BCUT2D eigenvalue weighted by molar-refractivity contribution is 6.00. The first-order valence-electron chi connectivity index (χ1n) is 14.0. The van der Waals surface area contributed by atoms with Crippen LogP contribution in [0.2, 0.25) is 0 Å². The van der Waals surface area contributed by atoms with Gasteiger partial charge in [0.15, 0.2) is 0 Å². The standard InChI is InChI=1S/C35H36N4O2/c1-24-18-19-25(2)34-33(24)30(26(3)39(34)23-28-15-11-12-20-36-28)22-32(40)37-31(21-27-13-7-5-8-14-27)35(41)38(4)29-16-9-6-10-17-29/h5-20,31H,21-23H2,1-4H3,(H,37,40)/t31-/m0/s1. The van der Waals surface area contributed by atoms with Crippen LogP contribution in [0.25, 0.3) is 10.9 Å². The van der Waals surface area contributed by atoms with Crippen molar-refractivity contribution in [3.05, 3.63) is 131 Å². The number of anilines is 1. The molecule has 0 aliphatic rings. The van der Waals surface area contributed by atoms with Gasteiger partial charge in [-0.1, -0.05) is 66.7 Å². The predicted molar refractivity (Wildman–Crippen MR) is 165 cm³/mol. The molecule has 1 atom stereocenters. The van der Waals surface area contributed by atoms with E-state index in [-0.39, 0.29) is 18.2 Å². The maximum Gasteiger partial charge on any atom is 0.249 e. The van der Waals surface area contributed by atoms with E-state index in [2.05, 4.69) is 47.8 Å². The number of pyridine rings is 1. The molecule has 0 fully saturated rings. The maximum absolute atomic E-state index is 13.7. The molecule has 3 aromatic carbocycles. The molecule has 5 aromatic rings. The largest absolute Gasteiger partial charge is 0.344 e. The number of para-hydroxylation sites is 1. The fourth-order valence-electron chi connectivity index (χ4n) is 5.57. The molecule has 1 N–H and O–H groups in total. The lowest BCUT2D eigenvalue weighted by atomic mass is 10.00. The van der Waals surface area contributed by atoms with Crippen molar-refractivity contribution in [3.8, 4) is 0 Å². The molecule has 0 saturated heterocycles. The number of nitrogens with one attached hydrogen (secondary N) is 1. The summed E-state index contributed by atoms with van der Waals surface area (Å²) >= 11 is 0. The van der Waals surface area contributed by atoms with Crippen LogP contribution >= 0.6 is 0 Å². The monoisotopic (exact) mass is 544 g/mol. The van der Waals surface area contributed by atoms with E-state index in [1.807, 2.05) is 78.9 Å². The molecule has 2 amide bonds. The van der Waals surface area contributed by atoms with Crippen molar-refractivity contribution in [2.24, 2.45) is 0 Å². The van der Waals surface area contributed by atoms with Crippen molar-refractivity contribution >= 4 is 28.4 Å². The minimum atomic E-state index is -0.708. The van der Waals surface area contributed by atoms with Crippen LogP contribution in [0.4, 0.5) is 5.69 Å². The highest BCUT2D eigenvalue weighted by Gasteiger charge is 2.27. The Labute approximate surface area is 241 Å². The summed E-state index contributed by atoms with van der Waals surface area (Å²) in [5.41, 5.74) is 8.14. The Balaban J connectivity index is 1.46. The van der Waals surface area contributed by atoms with Crippen molar-refractivity contribution in [1.29, 1.82) is 0 Å². The minimum Gasteiger partial charge on any atom is -0.344 e. The summed E-state index contributed by atoms with van der Waals surface area (Å²) < 4.78 is 2.26. The van der Waals surface area contributed by atoms with Crippen LogP contribution in [-0.4, -0.2) is 34.5 Å². The summed E-state index contributed by atoms with van der Waals surface area (Å²) in [6, 6.07) is 28.8. The number of hydrogen-bond acceptors (Lipinski definition) is 3. The van der Waals surface area contributed by atoms with Gasteiger partial charge in [-0.3, -0.25) is 14.6 Å². The topological polar surface area (TPSA) is 67.2 Å². The summed E-state index contributed by atoms with van der Waals surface area (Å²) in [5, 5.41) is 4.20. The number of hydrogen-bond donors (Lipinski definition) is 1. The van der Waals surface area contributed by atoms with Crippen LogP contribution in [0.1, 0.15) is 33.6 Å². The first-order valence-corrected chi connectivity index (χ1v) is 14.0. The number of rotatable bonds is 9. The second-order valence-corrected chi connectivity index (χ2v) is 10.6. The summed E-state index contributed by atoms with van der Waals surface area (Å²) in [4.78, 5) is 33.6. The van der Waals surface area contributed by atoms with E-state index in [9.17, 15) is 9.59 Å². The van der Waals surface area contributed by atoms with Crippen LogP contribution in [0.15, 0.2) is 97.2 Å². The number of likely N-dealkylation sites (N-methyl/N-ethyl adjacent to an activating group) is 1. The van der Waals surface area contributed by atoms with E-state index in [4.69, 9.17) is 0 Å². The summed E-state index contributed by atoms with van der Waals surface area (Å²) in [7, 11) is 1.75. The van der Waals surface area contributed by atoms with E-state index in [0.717, 1.165) is 50.2 Å². The SMILES string of the molecule is Cc1ccc(C)c2c1c(CC(=O)N[C@@H](Cc1ccccc1)C(=O)N(C)c1ccccc1)c(C)n2Cc1ccccn1. The van der Waals surface area contributed by atoms with Crippen LogP contribution in [-0.2, 0) is 29.0 Å². The summed E-state index contributed by atoms with van der Waals surface area (Å²) in [6.45, 7) is 6.88. The van der Waals surface area contributed by atoms with Crippen molar-refractivity contribution in [2.75, 3.05) is 11.9 Å². The zero-order valence-corrected chi connectivity index (χ0v) is 24.1. The summed E-state index contributed by atoms with van der Waals surface area (Å²) in [5.74, 6) is -0.337. The number of amides is 2. The van der Waals surface area contributed by atoms with Gasteiger partial charge in [0.2, 0.25) is 11.8 Å². The van der Waals surface area contributed by atoms with Gasteiger partial charge >= 0.3 is 0 Å². The van der Waals surface area contributed by atoms with Gasteiger partial charge in [0, 0.05) is 36.4 Å². The first kappa shape index (κ1) is 27.8. The molecule has 208 valence electrons. The lowest BCUT2D eigenvalue weighted by Crippen LogP contribution is -2.49. The second-order valence-electron chi connectivity index (χ2n) is 10.6. The number of carbonyl (C=O) groups is 2. The number of benzene rings is 3. The molecule has 0 bridgehead atoms. The maximum atomic E-state index is 13.7. The average Bonchev–Trinajstić information content (AvgIpc) is 3.27. The van der Waals surface area contributed by atoms with Crippen molar-refractivity contribution in [3.63, 3.8) is 0 Å². The highest BCUT2D eigenvalue weighted by atomic mass is 16.2. The van der Waals surface area contributed by atoms with Crippen LogP contribution in [0, 0.1) is 20.8 Å². The minimum absolute atomic E-state index is 0.158. The van der Waals surface area contributed by atoms with Crippen LogP contribution in [0.3, 0.4) is 0 Å². The molecule has 5 rings (SSSR count). The molecule has 6 nitrogen and oxygen atoms in total. The average molecular weight is 545 g/mol. The van der Waals surface area contributed by atoms with Gasteiger partial charge in [0.1, 0.15) is 6.04 Å². The Morgan fingerprint density at radius 3 is 2.20 bits per heavy atom. The summed E-state index contributed by atoms with van der Waals surface area (Å²) in [6.07, 6.45) is 2.38. The van der Waals surface area contributed by atoms with Gasteiger partial charge in [0.25, 0.3) is 0 Å². The number of aryl methyl sites for hydroxylation is 2. The molecule has 0 aliphatic heterocycles. The third-order valence-electron chi connectivity index (χ3n) is 7.77. The normalized spacial score (nSPS) is 11.8. The quantitative estimate of drug-likeness (QED) is 0.250. The third kappa shape index (κ3) is 6.07. The Bertz CT molecular complexity index is 1660. The Kier molecular flexibility index (Phi) is 8.29. The molecule has 41 heavy (non-hydrogen) atoms. The van der Waals surface area contributed by atoms with E-state index < -0.39 is 6.04 Å². The Morgan fingerprint density at radius 1 is 0.854 bits per heavy atom. The number of nitrogens with zero attached hydrogens (tertiary/aromatic N) is 3. The molecule has 0 radical (unpaired) electrons. The van der Waals surface area contributed by atoms with Crippen molar-refractivity contribution < 1.29 is 9.59 Å². The number of carbonyl (C=O) groups excluding carboxylic acids is 2. The second kappa shape index (κ2) is 12.2. The molecule has 0 spiro atoms. The smallest absolute Gasteiger partial charge is 0.249 e. The lowest BCUT2D eigenvalue weighted by Gasteiger charge is -2.25. The van der Waals surface area contributed by atoms with Gasteiger partial charge in [-0.2, -0.15) is 0 Å². The van der Waals surface area contributed by atoms with Gasteiger partial charge in [-0.05, 0) is 67.3 Å². The van der Waals surface area contributed by atoms with E-state index in [1.54, 1.807) is 18.1 Å². The van der Waals surface area contributed by atoms with Gasteiger partial charge in [-0.15, -0.1) is 0 Å². The predicted octanol–water partition coefficient (Wildman–Crippen LogP) is 5.94. The Hall–Kier alpha value is -4.71. The van der Waals surface area contributed by atoms with Crippen molar-refractivity contribution in [2.45, 2.75) is 46.2 Å². The molecule has 2 heterocycles. The Morgan fingerprint density at radius 2 is 1.51 bits per heavy atom. The van der Waals surface area contributed by atoms with Crippen LogP contribution in [0.5, 0.6) is 0 Å². The number of aromatic nitrogens is 2. The molecule has 0 saturated carbocycles. The number of fused-ring (bicyclic) bond motifs is 1. The highest BCUT2D eigenvalue weighted by Crippen LogP contribution is 2.32. The zero-order chi connectivity index (χ0) is 28.9. The molecule has 6 heteroatoms. The van der Waals surface area contributed by atoms with Crippen LogP contribution < -0.4 is 10.2 Å². The van der Waals surface area contributed by atoms with E-state index >= 15 is 0 Å². The van der Waals surface area contributed by atoms with Gasteiger partial charge in [0.05, 0.1) is 24.2 Å². The van der Waals surface area contributed by atoms with E-state index in [1.165, 1.54) is 0 Å². The molecule has 2 aromatic heterocycles.